The van der Waals surface area contributed by atoms with Crippen molar-refractivity contribution in [2.24, 2.45) is 0 Å². The van der Waals surface area contributed by atoms with Crippen LogP contribution in [0.5, 0.6) is 5.75 Å². The van der Waals surface area contributed by atoms with Crippen LogP contribution >= 0.6 is 11.3 Å². The molecule has 1 saturated heterocycles. The van der Waals surface area contributed by atoms with E-state index in [0.29, 0.717) is 54.4 Å². The number of fused-ring (bicyclic) bond motifs is 1. The lowest BCUT2D eigenvalue weighted by atomic mass is 9.89. The third-order valence-corrected chi connectivity index (χ3v) is 7.48. The first kappa shape index (κ1) is 22.9. The van der Waals surface area contributed by atoms with Gasteiger partial charge in [-0.3, -0.25) is 24.2 Å². The Morgan fingerprint density at radius 1 is 1.18 bits per heavy atom. The number of imide groups is 1. The standard InChI is InChI=1S/C25H25FN2O5S/c1-15-2-5-20(21(29)10-15)28-24(30)18-14-34-22(23(18)25(28)31)13-33-17-4-3-16(19(26)11-17)12-27-6-8-32-9-7-27/h3-4,11,14,20H,1-2,5-10,12-13H2/t20-/m0/s1. The molecule has 1 atom stereocenters. The molecule has 7 nitrogen and oxygen atoms in total. The van der Waals surface area contributed by atoms with E-state index in [1.807, 2.05) is 0 Å². The highest BCUT2D eigenvalue weighted by molar-refractivity contribution is 7.10. The number of thiophene rings is 1. The van der Waals surface area contributed by atoms with Crippen molar-refractivity contribution in [3.63, 3.8) is 0 Å². The van der Waals surface area contributed by atoms with Gasteiger partial charge in [0.05, 0.1) is 35.3 Å². The van der Waals surface area contributed by atoms with Crippen molar-refractivity contribution in [2.45, 2.75) is 38.5 Å². The van der Waals surface area contributed by atoms with Gasteiger partial charge in [0, 0.05) is 43.1 Å². The number of Topliss-reactive ketones (excluding diaryl/α,β-unsaturated/α-hetero) is 1. The summed E-state index contributed by atoms with van der Waals surface area (Å²) in [5.41, 5.74) is 2.00. The van der Waals surface area contributed by atoms with Gasteiger partial charge in [0.2, 0.25) is 0 Å². The van der Waals surface area contributed by atoms with Crippen LogP contribution in [0, 0.1) is 5.82 Å². The molecule has 3 heterocycles. The molecular formula is C25H25FN2O5S. The predicted molar refractivity (Wildman–Crippen MR) is 123 cm³/mol. The van der Waals surface area contributed by atoms with E-state index in [2.05, 4.69) is 11.5 Å². The zero-order chi connectivity index (χ0) is 23.8. The summed E-state index contributed by atoms with van der Waals surface area (Å²) in [4.78, 5) is 42.3. The maximum Gasteiger partial charge on any atom is 0.263 e. The fourth-order valence-corrected chi connectivity index (χ4v) is 5.57. The number of halogens is 1. The quantitative estimate of drug-likeness (QED) is 0.461. The van der Waals surface area contributed by atoms with Gasteiger partial charge in [-0.15, -0.1) is 11.3 Å². The Hall–Kier alpha value is -2.88. The summed E-state index contributed by atoms with van der Waals surface area (Å²) in [6, 6.07) is 4.01. The fraction of sp³-hybridized carbons (Fsp3) is 0.400. The molecule has 2 aliphatic heterocycles. The van der Waals surface area contributed by atoms with Gasteiger partial charge in [0.25, 0.3) is 11.8 Å². The summed E-state index contributed by atoms with van der Waals surface area (Å²) in [6.07, 6.45) is 1.21. The topological polar surface area (TPSA) is 76.2 Å². The van der Waals surface area contributed by atoms with Gasteiger partial charge in [0.15, 0.2) is 5.78 Å². The largest absolute Gasteiger partial charge is 0.488 e. The van der Waals surface area contributed by atoms with E-state index >= 15 is 0 Å². The number of ether oxygens (including phenoxy) is 2. The van der Waals surface area contributed by atoms with Crippen LogP contribution in [0.1, 0.15) is 50.4 Å². The van der Waals surface area contributed by atoms with Crippen molar-refractivity contribution in [2.75, 3.05) is 26.3 Å². The lowest BCUT2D eigenvalue weighted by Crippen LogP contribution is -2.46. The molecule has 2 aromatic rings. The Kier molecular flexibility index (Phi) is 6.33. The normalized spacial score (nSPS) is 21.3. The van der Waals surface area contributed by atoms with E-state index in [1.54, 1.807) is 17.5 Å². The van der Waals surface area contributed by atoms with E-state index in [0.717, 1.165) is 23.6 Å². The van der Waals surface area contributed by atoms with Gasteiger partial charge in [0.1, 0.15) is 18.2 Å². The van der Waals surface area contributed by atoms with Crippen molar-refractivity contribution in [3.05, 3.63) is 63.1 Å². The molecule has 34 heavy (non-hydrogen) atoms. The summed E-state index contributed by atoms with van der Waals surface area (Å²) in [7, 11) is 0. The van der Waals surface area contributed by atoms with Crippen molar-refractivity contribution in [1.82, 2.24) is 9.80 Å². The Morgan fingerprint density at radius 2 is 1.97 bits per heavy atom. The first-order valence-electron chi connectivity index (χ1n) is 11.3. The molecule has 2 amide bonds. The van der Waals surface area contributed by atoms with Crippen LogP contribution in [0.25, 0.3) is 0 Å². The molecule has 3 aliphatic rings. The third kappa shape index (κ3) is 4.31. The van der Waals surface area contributed by atoms with Crippen LogP contribution < -0.4 is 4.74 Å². The summed E-state index contributed by atoms with van der Waals surface area (Å²) in [6.45, 7) is 7.22. The highest BCUT2D eigenvalue weighted by atomic mass is 32.1. The molecule has 0 unspecified atom stereocenters. The summed E-state index contributed by atoms with van der Waals surface area (Å²) < 4.78 is 25.8. The van der Waals surface area contributed by atoms with Crippen LogP contribution in [0.15, 0.2) is 35.7 Å². The molecule has 178 valence electrons. The highest BCUT2D eigenvalue weighted by Gasteiger charge is 2.45. The smallest absolute Gasteiger partial charge is 0.263 e. The van der Waals surface area contributed by atoms with Gasteiger partial charge >= 0.3 is 0 Å². The average molecular weight is 485 g/mol. The maximum atomic E-state index is 14.6. The minimum Gasteiger partial charge on any atom is -0.488 e. The highest BCUT2D eigenvalue weighted by Crippen LogP contribution is 2.36. The Balaban J connectivity index is 1.26. The second-order valence-corrected chi connectivity index (χ2v) is 9.77. The molecule has 0 radical (unpaired) electrons. The Labute approximate surface area is 200 Å². The van der Waals surface area contributed by atoms with Crippen molar-refractivity contribution in [3.8, 4) is 5.75 Å². The SMILES string of the molecule is C=C1CC[C@H](N2C(=O)c3csc(COc4ccc(CN5CCOCC5)c(F)c4)c3C2=O)C(=O)C1. The molecule has 5 rings (SSSR count). The number of allylic oxidation sites excluding steroid dienone is 1. The summed E-state index contributed by atoms with van der Waals surface area (Å²) in [5.74, 6) is -1.06. The second-order valence-electron chi connectivity index (χ2n) is 8.81. The molecule has 0 N–H and O–H groups in total. The molecule has 1 aliphatic carbocycles. The molecule has 1 aromatic carbocycles. The van der Waals surface area contributed by atoms with Gasteiger partial charge in [-0.1, -0.05) is 18.2 Å². The fourth-order valence-electron chi connectivity index (χ4n) is 4.64. The van der Waals surface area contributed by atoms with E-state index in [-0.39, 0.29) is 30.2 Å². The third-order valence-electron chi connectivity index (χ3n) is 6.52. The zero-order valence-electron chi connectivity index (χ0n) is 18.7. The number of benzene rings is 1. The van der Waals surface area contributed by atoms with Crippen LogP contribution in [-0.2, 0) is 22.7 Å². The number of nitrogens with zero attached hydrogens (tertiary/aromatic N) is 2. The predicted octanol–water partition coefficient (Wildman–Crippen LogP) is 3.57. The number of amides is 2. The molecule has 9 heteroatoms. The second kappa shape index (κ2) is 9.40. The maximum absolute atomic E-state index is 14.6. The Morgan fingerprint density at radius 3 is 2.71 bits per heavy atom. The average Bonchev–Trinajstić information content (AvgIpc) is 3.35. The number of hydrogen-bond acceptors (Lipinski definition) is 7. The zero-order valence-corrected chi connectivity index (χ0v) is 19.5. The minimum absolute atomic E-state index is 0.0323. The molecular weight excluding hydrogens is 459 g/mol. The van der Waals surface area contributed by atoms with E-state index in [1.165, 1.54) is 17.4 Å². The van der Waals surface area contributed by atoms with E-state index in [9.17, 15) is 18.8 Å². The van der Waals surface area contributed by atoms with Crippen LogP contribution in [-0.4, -0.2) is 59.7 Å². The Bertz CT molecular complexity index is 1170. The molecule has 1 saturated carbocycles. The number of hydrogen-bond donors (Lipinski definition) is 0. The first-order valence-corrected chi connectivity index (χ1v) is 12.2. The lowest BCUT2D eigenvalue weighted by Gasteiger charge is -2.29. The van der Waals surface area contributed by atoms with Gasteiger partial charge in [-0.05, 0) is 18.9 Å². The van der Waals surface area contributed by atoms with Crippen LogP contribution in [0.4, 0.5) is 4.39 Å². The first-order chi connectivity index (χ1) is 16.4. The monoisotopic (exact) mass is 484 g/mol. The van der Waals surface area contributed by atoms with Crippen molar-refractivity contribution in [1.29, 1.82) is 0 Å². The van der Waals surface area contributed by atoms with Gasteiger partial charge in [-0.25, -0.2) is 4.39 Å². The van der Waals surface area contributed by atoms with E-state index in [4.69, 9.17) is 9.47 Å². The number of carbonyl (C=O) groups excluding carboxylic acids is 3. The molecule has 1 aromatic heterocycles. The van der Waals surface area contributed by atoms with Crippen molar-refractivity contribution < 1.29 is 28.2 Å². The van der Waals surface area contributed by atoms with Gasteiger partial charge in [-0.2, -0.15) is 0 Å². The molecule has 0 spiro atoms. The van der Waals surface area contributed by atoms with Crippen molar-refractivity contribution >= 4 is 28.9 Å². The summed E-state index contributed by atoms with van der Waals surface area (Å²) in [5, 5.41) is 1.63. The number of rotatable bonds is 6. The lowest BCUT2D eigenvalue weighted by molar-refractivity contribution is -0.123. The van der Waals surface area contributed by atoms with E-state index < -0.39 is 17.9 Å². The van der Waals surface area contributed by atoms with Crippen LogP contribution in [0.2, 0.25) is 0 Å². The summed E-state index contributed by atoms with van der Waals surface area (Å²) >= 11 is 1.25. The molecule has 2 fully saturated rings. The van der Waals surface area contributed by atoms with Gasteiger partial charge < -0.3 is 9.47 Å². The number of carbonyl (C=O) groups is 3. The minimum atomic E-state index is -0.746. The number of ketones is 1. The number of morpholine rings is 1. The van der Waals surface area contributed by atoms with Crippen LogP contribution in [0.3, 0.4) is 0 Å². The molecule has 0 bridgehead atoms.